The molecule has 164 valence electrons. The standard InChI is InChI=1S/C23H23F2NO4S/c1-30-21(27)10-15-4-3-5-18-19-11-16(24)12-20(25)23(19)26(22(15)18)13-14-6-8-17(9-7-14)31(2,28)29/h6-9,11-12,15H,3-5,10,13H2,1-2H3. The number of ether oxygens (including phenoxy) is 1. The number of esters is 1. The Balaban J connectivity index is 1.87. The van der Waals surface area contributed by atoms with E-state index < -0.39 is 21.5 Å². The number of aromatic nitrogens is 1. The third-order valence-electron chi connectivity index (χ3n) is 5.92. The number of hydrogen-bond donors (Lipinski definition) is 0. The van der Waals surface area contributed by atoms with Crippen molar-refractivity contribution >= 4 is 26.7 Å². The van der Waals surface area contributed by atoms with Crippen molar-refractivity contribution in [3.63, 3.8) is 0 Å². The Morgan fingerprint density at radius 2 is 1.90 bits per heavy atom. The van der Waals surface area contributed by atoms with E-state index in [1.807, 2.05) is 4.57 Å². The van der Waals surface area contributed by atoms with Crippen LogP contribution in [-0.4, -0.2) is 32.3 Å². The highest BCUT2D eigenvalue weighted by atomic mass is 32.2. The second-order valence-corrected chi connectivity index (χ2v) is 10.0. The first-order valence-corrected chi connectivity index (χ1v) is 11.9. The molecule has 1 aromatic heterocycles. The molecule has 1 heterocycles. The minimum absolute atomic E-state index is 0.164. The third-order valence-corrected chi connectivity index (χ3v) is 7.05. The lowest BCUT2D eigenvalue weighted by Gasteiger charge is -2.25. The number of halogens is 2. The predicted molar refractivity (Wildman–Crippen MR) is 113 cm³/mol. The zero-order valence-corrected chi connectivity index (χ0v) is 18.1. The minimum Gasteiger partial charge on any atom is -0.469 e. The molecule has 2 aromatic carbocycles. The van der Waals surface area contributed by atoms with Crippen molar-refractivity contribution in [2.75, 3.05) is 13.4 Å². The molecule has 0 fully saturated rings. The van der Waals surface area contributed by atoms with Gasteiger partial charge in [-0.25, -0.2) is 17.2 Å². The van der Waals surface area contributed by atoms with Crippen LogP contribution in [0.2, 0.25) is 0 Å². The average Bonchev–Trinajstić information content (AvgIpc) is 3.02. The lowest BCUT2D eigenvalue weighted by molar-refractivity contribution is -0.141. The van der Waals surface area contributed by atoms with Crippen molar-refractivity contribution in [3.8, 4) is 0 Å². The molecule has 8 heteroatoms. The summed E-state index contributed by atoms with van der Waals surface area (Å²) in [5.41, 5.74) is 2.76. The van der Waals surface area contributed by atoms with Gasteiger partial charge in [0.05, 0.1) is 23.9 Å². The molecule has 0 aliphatic heterocycles. The Kier molecular flexibility index (Phi) is 5.60. The normalized spacial score (nSPS) is 16.3. The van der Waals surface area contributed by atoms with Gasteiger partial charge in [-0.05, 0) is 48.6 Å². The number of carbonyl (C=O) groups excluding carboxylic acids is 1. The highest BCUT2D eigenvalue weighted by Gasteiger charge is 2.31. The number of aryl methyl sites for hydroxylation is 1. The molecule has 5 nitrogen and oxygen atoms in total. The molecule has 1 aliphatic carbocycles. The van der Waals surface area contributed by atoms with E-state index in [-0.39, 0.29) is 29.7 Å². The smallest absolute Gasteiger partial charge is 0.306 e. The molecule has 1 atom stereocenters. The summed E-state index contributed by atoms with van der Waals surface area (Å²) in [6, 6.07) is 8.63. The largest absolute Gasteiger partial charge is 0.469 e. The SMILES string of the molecule is COC(=O)CC1CCCc2c1n(Cc1ccc(S(C)(=O)=O)cc1)c1c(F)cc(F)cc21. The van der Waals surface area contributed by atoms with Crippen LogP contribution in [0.1, 0.15) is 42.0 Å². The molecule has 3 aromatic rings. The molecule has 4 rings (SSSR count). The van der Waals surface area contributed by atoms with Gasteiger partial charge >= 0.3 is 5.97 Å². The van der Waals surface area contributed by atoms with E-state index in [0.717, 1.165) is 42.0 Å². The lowest BCUT2D eigenvalue weighted by atomic mass is 9.84. The molecule has 0 N–H and O–H groups in total. The maximum absolute atomic E-state index is 14.9. The number of sulfone groups is 1. The Morgan fingerprint density at radius 1 is 1.19 bits per heavy atom. The summed E-state index contributed by atoms with van der Waals surface area (Å²) in [5.74, 6) is -1.81. The molecule has 0 spiro atoms. The van der Waals surface area contributed by atoms with Gasteiger partial charge < -0.3 is 9.30 Å². The van der Waals surface area contributed by atoms with Gasteiger partial charge in [-0.15, -0.1) is 0 Å². The molecule has 1 unspecified atom stereocenters. The predicted octanol–water partition coefficient (Wildman–Crippen LogP) is 4.35. The van der Waals surface area contributed by atoms with E-state index >= 15 is 0 Å². The van der Waals surface area contributed by atoms with Crippen LogP contribution in [0.25, 0.3) is 10.9 Å². The highest BCUT2D eigenvalue weighted by Crippen LogP contribution is 2.41. The molecule has 0 saturated carbocycles. The van der Waals surface area contributed by atoms with Crippen molar-refractivity contribution in [1.82, 2.24) is 4.57 Å². The second-order valence-electron chi connectivity index (χ2n) is 8.02. The quantitative estimate of drug-likeness (QED) is 0.546. The van der Waals surface area contributed by atoms with Crippen LogP contribution < -0.4 is 0 Å². The van der Waals surface area contributed by atoms with Crippen LogP contribution in [0.4, 0.5) is 8.78 Å². The summed E-state index contributed by atoms with van der Waals surface area (Å²) < 4.78 is 59.1. The summed E-state index contributed by atoms with van der Waals surface area (Å²) >= 11 is 0. The van der Waals surface area contributed by atoms with Gasteiger partial charge in [-0.3, -0.25) is 4.79 Å². The molecular formula is C23H23F2NO4S. The number of methoxy groups -OCH3 is 1. The van der Waals surface area contributed by atoms with Crippen molar-refractivity contribution < 1.29 is 26.7 Å². The number of nitrogens with zero attached hydrogens (tertiary/aromatic N) is 1. The van der Waals surface area contributed by atoms with Crippen LogP contribution in [0.3, 0.4) is 0 Å². The molecule has 0 amide bonds. The fraction of sp³-hybridized carbons (Fsp3) is 0.348. The third kappa shape index (κ3) is 4.08. The Morgan fingerprint density at radius 3 is 2.55 bits per heavy atom. The topological polar surface area (TPSA) is 65.4 Å². The molecule has 0 bridgehead atoms. The van der Waals surface area contributed by atoms with E-state index in [4.69, 9.17) is 4.74 Å². The van der Waals surface area contributed by atoms with Gasteiger partial charge in [0.15, 0.2) is 9.84 Å². The fourth-order valence-electron chi connectivity index (χ4n) is 4.56. The Labute approximate surface area is 179 Å². The van der Waals surface area contributed by atoms with E-state index in [9.17, 15) is 22.0 Å². The summed E-state index contributed by atoms with van der Waals surface area (Å²) in [6.07, 6.45) is 3.53. The van der Waals surface area contributed by atoms with Crippen molar-refractivity contribution in [1.29, 1.82) is 0 Å². The first-order valence-electron chi connectivity index (χ1n) is 10.0. The highest BCUT2D eigenvalue weighted by molar-refractivity contribution is 7.90. The van der Waals surface area contributed by atoms with E-state index in [1.54, 1.807) is 12.1 Å². The summed E-state index contributed by atoms with van der Waals surface area (Å²) in [5, 5.41) is 0.523. The monoisotopic (exact) mass is 447 g/mol. The van der Waals surface area contributed by atoms with Crippen LogP contribution in [0.15, 0.2) is 41.3 Å². The van der Waals surface area contributed by atoms with Crippen molar-refractivity contribution in [2.45, 2.75) is 43.0 Å². The summed E-state index contributed by atoms with van der Waals surface area (Å²) in [4.78, 5) is 12.2. The van der Waals surface area contributed by atoms with E-state index in [1.165, 1.54) is 25.3 Å². The van der Waals surface area contributed by atoms with Crippen LogP contribution in [-0.2, 0) is 32.3 Å². The average molecular weight is 448 g/mol. The molecule has 1 aliphatic rings. The molecular weight excluding hydrogens is 424 g/mol. The van der Waals surface area contributed by atoms with Gasteiger partial charge in [0.2, 0.25) is 0 Å². The zero-order chi connectivity index (χ0) is 22.3. The Bertz CT molecular complexity index is 1260. The van der Waals surface area contributed by atoms with E-state index in [0.29, 0.717) is 17.3 Å². The van der Waals surface area contributed by atoms with Gasteiger partial charge in [0.25, 0.3) is 0 Å². The Hall–Kier alpha value is -2.74. The maximum atomic E-state index is 14.9. The number of fused-ring (bicyclic) bond motifs is 3. The second kappa shape index (κ2) is 8.07. The number of hydrogen-bond acceptors (Lipinski definition) is 4. The number of rotatable bonds is 5. The molecule has 0 radical (unpaired) electrons. The minimum atomic E-state index is -3.33. The van der Waals surface area contributed by atoms with Crippen LogP contribution in [0, 0.1) is 11.6 Å². The molecule has 31 heavy (non-hydrogen) atoms. The number of benzene rings is 2. The first kappa shape index (κ1) is 21.5. The summed E-state index contributed by atoms with van der Waals surface area (Å²) in [6.45, 7) is 0.274. The summed E-state index contributed by atoms with van der Waals surface area (Å²) in [7, 11) is -1.99. The zero-order valence-electron chi connectivity index (χ0n) is 17.3. The van der Waals surface area contributed by atoms with Gasteiger partial charge in [0, 0.05) is 35.9 Å². The van der Waals surface area contributed by atoms with Crippen LogP contribution in [0.5, 0.6) is 0 Å². The first-order chi connectivity index (χ1) is 14.7. The fourth-order valence-corrected chi connectivity index (χ4v) is 5.19. The lowest BCUT2D eigenvalue weighted by Crippen LogP contribution is -2.18. The van der Waals surface area contributed by atoms with Crippen molar-refractivity contribution in [2.24, 2.45) is 0 Å². The molecule has 0 saturated heterocycles. The van der Waals surface area contributed by atoms with Gasteiger partial charge in [0.1, 0.15) is 11.6 Å². The maximum Gasteiger partial charge on any atom is 0.306 e. The number of carbonyl (C=O) groups is 1. The van der Waals surface area contributed by atoms with Crippen molar-refractivity contribution in [3.05, 3.63) is 64.9 Å². The van der Waals surface area contributed by atoms with E-state index in [2.05, 4.69) is 0 Å². The van der Waals surface area contributed by atoms with Gasteiger partial charge in [-0.1, -0.05) is 12.1 Å². The van der Waals surface area contributed by atoms with Gasteiger partial charge in [-0.2, -0.15) is 0 Å². The van der Waals surface area contributed by atoms with Crippen LogP contribution >= 0.6 is 0 Å².